The number of carbonyl (C=O) groups is 1. The number of likely N-dealkylation sites (tertiary alicyclic amines) is 1. The molecule has 2 aliphatic rings. The molecule has 1 saturated heterocycles. The predicted octanol–water partition coefficient (Wildman–Crippen LogP) is 4.49. The molecule has 1 aliphatic heterocycles. The summed E-state index contributed by atoms with van der Waals surface area (Å²) in [6, 6.07) is 13.9. The molecular formula is C25H29NO4. The SMILES string of the molecule is COc1ccc([C@@]23CCC(OC(=O)c4ccccc4C)=C[C@@H]2N(C)CC3)cc1OC. The number of fused-ring (bicyclic) bond motifs is 1. The molecule has 0 unspecified atom stereocenters. The van der Waals surface area contributed by atoms with Crippen LogP contribution in [0.5, 0.6) is 11.5 Å². The Bertz CT molecular complexity index is 983. The summed E-state index contributed by atoms with van der Waals surface area (Å²) in [5, 5.41) is 0. The smallest absolute Gasteiger partial charge is 0.343 e. The molecule has 0 radical (unpaired) electrons. The third-order valence-corrected chi connectivity index (χ3v) is 6.66. The Balaban J connectivity index is 1.63. The van der Waals surface area contributed by atoms with E-state index in [1.165, 1.54) is 5.56 Å². The quantitative estimate of drug-likeness (QED) is 0.684. The van der Waals surface area contributed by atoms with Crippen LogP contribution in [0.1, 0.15) is 40.7 Å². The second kappa shape index (κ2) is 8.15. The van der Waals surface area contributed by atoms with E-state index >= 15 is 0 Å². The summed E-state index contributed by atoms with van der Waals surface area (Å²) in [7, 11) is 5.46. The van der Waals surface area contributed by atoms with Crippen molar-refractivity contribution in [2.75, 3.05) is 27.8 Å². The Labute approximate surface area is 178 Å². The number of benzene rings is 2. The molecular weight excluding hydrogens is 378 g/mol. The first-order valence-corrected chi connectivity index (χ1v) is 10.4. The van der Waals surface area contributed by atoms with Gasteiger partial charge in [0.05, 0.1) is 19.8 Å². The van der Waals surface area contributed by atoms with Crippen molar-refractivity contribution in [1.29, 1.82) is 0 Å². The number of methoxy groups -OCH3 is 2. The maximum absolute atomic E-state index is 12.7. The van der Waals surface area contributed by atoms with Crippen LogP contribution in [0.4, 0.5) is 0 Å². The van der Waals surface area contributed by atoms with Crippen LogP contribution in [0.25, 0.3) is 0 Å². The summed E-state index contributed by atoms with van der Waals surface area (Å²) in [5.74, 6) is 1.97. The van der Waals surface area contributed by atoms with Gasteiger partial charge in [0.2, 0.25) is 0 Å². The van der Waals surface area contributed by atoms with Gasteiger partial charge in [0.15, 0.2) is 11.5 Å². The average Bonchev–Trinajstić information content (AvgIpc) is 3.10. The molecule has 2 atom stereocenters. The van der Waals surface area contributed by atoms with Crippen molar-refractivity contribution in [2.45, 2.75) is 37.6 Å². The molecule has 158 valence electrons. The molecule has 0 amide bonds. The van der Waals surface area contributed by atoms with Gasteiger partial charge in [0.25, 0.3) is 0 Å². The average molecular weight is 408 g/mol. The molecule has 0 bridgehead atoms. The second-order valence-electron chi connectivity index (χ2n) is 8.24. The van der Waals surface area contributed by atoms with Crippen LogP contribution in [-0.4, -0.2) is 44.7 Å². The van der Waals surface area contributed by atoms with Crippen LogP contribution < -0.4 is 9.47 Å². The lowest BCUT2D eigenvalue weighted by Gasteiger charge is -2.40. The fourth-order valence-corrected chi connectivity index (χ4v) is 4.92. The van der Waals surface area contributed by atoms with Gasteiger partial charge < -0.3 is 14.2 Å². The van der Waals surface area contributed by atoms with Gasteiger partial charge in [-0.1, -0.05) is 24.3 Å². The highest BCUT2D eigenvalue weighted by Gasteiger charge is 2.48. The van der Waals surface area contributed by atoms with E-state index in [2.05, 4.69) is 30.2 Å². The fourth-order valence-electron chi connectivity index (χ4n) is 4.92. The molecule has 2 aromatic rings. The van der Waals surface area contributed by atoms with Crippen molar-refractivity contribution < 1.29 is 19.0 Å². The van der Waals surface area contributed by atoms with Crippen LogP contribution in [0.3, 0.4) is 0 Å². The van der Waals surface area contributed by atoms with Gasteiger partial charge in [-0.3, -0.25) is 4.90 Å². The van der Waals surface area contributed by atoms with E-state index < -0.39 is 0 Å². The minimum absolute atomic E-state index is 0.0210. The number of nitrogens with zero attached hydrogens (tertiary/aromatic N) is 1. The number of aryl methyl sites for hydroxylation is 1. The van der Waals surface area contributed by atoms with Crippen molar-refractivity contribution >= 4 is 5.97 Å². The Morgan fingerprint density at radius 2 is 1.83 bits per heavy atom. The first kappa shape index (κ1) is 20.5. The first-order chi connectivity index (χ1) is 14.5. The molecule has 0 spiro atoms. The van der Waals surface area contributed by atoms with E-state index in [0.29, 0.717) is 5.56 Å². The predicted molar refractivity (Wildman–Crippen MR) is 116 cm³/mol. The molecule has 0 N–H and O–H groups in total. The van der Waals surface area contributed by atoms with Crippen LogP contribution in [0, 0.1) is 6.92 Å². The Hall–Kier alpha value is -2.79. The van der Waals surface area contributed by atoms with Crippen molar-refractivity contribution in [1.82, 2.24) is 4.90 Å². The summed E-state index contributed by atoms with van der Waals surface area (Å²) in [6.07, 6.45) is 4.85. The van der Waals surface area contributed by atoms with Gasteiger partial charge in [-0.05, 0) is 68.8 Å². The molecule has 1 aliphatic carbocycles. The Kier molecular flexibility index (Phi) is 5.56. The number of allylic oxidation sites excluding steroid dienone is 1. The Morgan fingerprint density at radius 3 is 2.57 bits per heavy atom. The van der Waals surface area contributed by atoms with E-state index in [4.69, 9.17) is 14.2 Å². The maximum Gasteiger partial charge on any atom is 0.343 e. The highest BCUT2D eigenvalue weighted by atomic mass is 16.5. The minimum atomic E-state index is -0.279. The lowest BCUT2D eigenvalue weighted by atomic mass is 9.68. The van der Waals surface area contributed by atoms with Crippen LogP contribution in [0.2, 0.25) is 0 Å². The third kappa shape index (κ3) is 3.47. The zero-order chi connectivity index (χ0) is 21.3. The number of rotatable bonds is 5. The summed E-state index contributed by atoms with van der Waals surface area (Å²) in [4.78, 5) is 15.0. The van der Waals surface area contributed by atoms with Crippen LogP contribution in [-0.2, 0) is 10.2 Å². The first-order valence-electron chi connectivity index (χ1n) is 10.4. The largest absolute Gasteiger partial charge is 0.493 e. The molecule has 5 heteroatoms. The van der Waals surface area contributed by atoms with E-state index in [1.54, 1.807) is 14.2 Å². The standard InChI is InChI=1S/C25H29NO4/c1-17-7-5-6-8-20(17)24(27)30-19-11-12-25(13-14-26(2)23(25)16-19)18-9-10-21(28-3)22(15-18)29-4/h5-10,15-16,23H,11-14H2,1-4H3/t23-,25-/m0/s1. The van der Waals surface area contributed by atoms with Crippen molar-refractivity contribution in [3.8, 4) is 11.5 Å². The van der Waals surface area contributed by atoms with Gasteiger partial charge in [-0.25, -0.2) is 4.79 Å². The number of esters is 1. The molecule has 30 heavy (non-hydrogen) atoms. The number of carbonyl (C=O) groups excluding carboxylic acids is 1. The number of hydrogen-bond donors (Lipinski definition) is 0. The van der Waals surface area contributed by atoms with Crippen LogP contribution in [0.15, 0.2) is 54.3 Å². The van der Waals surface area contributed by atoms with E-state index in [0.717, 1.165) is 48.6 Å². The van der Waals surface area contributed by atoms with Crippen LogP contribution >= 0.6 is 0 Å². The highest BCUT2D eigenvalue weighted by molar-refractivity contribution is 5.91. The molecule has 1 fully saturated rings. The molecule has 1 heterocycles. The third-order valence-electron chi connectivity index (χ3n) is 6.66. The Morgan fingerprint density at radius 1 is 1.07 bits per heavy atom. The second-order valence-corrected chi connectivity index (χ2v) is 8.24. The van der Waals surface area contributed by atoms with Gasteiger partial charge in [-0.15, -0.1) is 0 Å². The van der Waals surface area contributed by atoms with Gasteiger partial charge in [0.1, 0.15) is 5.76 Å². The summed E-state index contributed by atoms with van der Waals surface area (Å²) < 4.78 is 16.8. The lowest BCUT2D eigenvalue weighted by molar-refractivity contribution is 0.0592. The summed E-state index contributed by atoms with van der Waals surface area (Å²) in [6.45, 7) is 2.92. The molecule has 0 saturated carbocycles. The van der Waals surface area contributed by atoms with E-state index in [-0.39, 0.29) is 17.4 Å². The molecule has 5 nitrogen and oxygen atoms in total. The van der Waals surface area contributed by atoms with Crippen molar-refractivity contribution in [3.05, 3.63) is 71.0 Å². The monoisotopic (exact) mass is 407 g/mol. The molecule has 0 aromatic heterocycles. The van der Waals surface area contributed by atoms with Crippen molar-refractivity contribution in [2.24, 2.45) is 0 Å². The van der Waals surface area contributed by atoms with Crippen molar-refractivity contribution in [3.63, 3.8) is 0 Å². The minimum Gasteiger partial charge on any atom is -0.493 e. The van der Waals surface area contributed by atoms with E-state index in [1.807, 2.05) is 37.3 Å². The fraction of sp³-hybridized carbons (Fsp3) is 0.400. The zero-order valence-electron chi connectivity index (χ0n) is 18.1. The summed E-state index contributed by atoms with van der Waals surface area (Å²) >= 11 is 0. The van der Waals surface area contributed by atoms with Gasteiger partial charge in [-0.2, -0.15) is 0 Å². The molecule has 2 aromatic carbocycles. The molecule has 4 rings (SSSR count). The number of hydrogen-bond acceptors (Lipinski definition) is 5. The normalized spacial score (nSPS) is 23.5. The van der Waals surface area contributed by atoms with E-state index in [9.17, 15) is 4.79 Å². The maximum atomic E-state index is 12.7. The lowest BCUT2D eigenvalue weighted by Crippen LogP contribution is -2.42. The zero-order valence-corrected chi connectivity index (χ0v) is 18.1. The van der Waals surface area contributed by atoms with Gasteiger partial charge >= 0.3 is 5.97 Å². The number of likely N-dealkylation sites (N-methyl/N-ethyl adjacent to an activating group) is 1. The summed E-state index contributed by atoms with van der Waals surface area (Å²) in [5.41, 5.74) is 2.77. The van der Waals surface area contributed by atoms with Gasteiger partial charge in [0, 0.05) is 17.9 Å². The number of ether oxygens (including phenoxy) is 3. The highest BCUT2D eigenvalue weighted by Crippen LogP contribution is 2.49. The topological polar surface area (TPSA) is 48.0 Å².